The number of nitrogens with zero attached hydrogens (tertiary/aromatic N) is 3. The molecule has 0 saturated heterocycles. The maximum atomic E-state index is 11.1. The third kappa shape index (κ3) is 6.24. The van der Waals surface area contributed by atoms with Crippen molar-refractivity contribution in [2.24, 2.45) is 0 Å². The van der Waals surface area contributed by atoms with Crippen LogP contribution in [0.3, 0.4) is 0 Å². The van der Waals surface area contributed by atoms with Gasteiger partial charge in [-0.2, -0.15) is 0 Å². The molecule has 0 amide bonds. The third-order valence-corrected chi connectivity index (χ3v) is 5.00. The van der Waals surface area contributed by atoms with Crippen LogP contribution in [0.1, 0.15) is 44.6 Å². The van der Waals surface area contributed by atoms with Crippen LogP contribution < -0.4 is 4.90 Å². The van der Waals surface area contributed by atoms with E-state index in [4.69, 9.17) is 4.98 Å². The summed E-state index contributed by atoms with van der Waals surface area (Å²) in [6, 6.07) is 18.6. The average molecular weight is 388 g/mol. The average Bonchev–Trinajstić information content (AvgIpc) is 2.74. The van der Waals surface area contributed by atoms with Crippen LogP contribution in [0, 0.1) is 6.92 Å². The Morgan fingerprint density at radius 1 is 0.828 bits per heavy atom. The molecule has 0 aliphatic rings. The lowest BCUT2D eigenvalue weighted by molar-refractivity contribution is -0.117. The first-order valence-corrected chi connectivity index (χ1v) is 10.3. The predicted octanol–water partition coefficient (Wildman–Crippen LogP) is 6.13. The smallest absolute Gasteiger partial charge is 0.134 e. The standard InChI is InChI=1S/C25H29N3O/c1-20-11-13-22(14-12-20)23-15-16-25(27-19-23)28(24-10-6-7-17-26-24)18-8-4-3-5-9-21(2)29/h6-7,10-17,19H,3-5,8-9,18H2,1-2H3. The van der Waals surface area contributed by atoms with Crippen molar-refractivity contribution in [2.75, 3.05) is 11.4 Å². The second-order valence-electron chi connectivity index (χ2n) is 7.48. The van der Waals surface area contributed by atoms with E-state index in [1.165, 1.54) is 11.1 Å². The normalized spacial score (nSPS) is 10.7. The number of ketones is 1. The molecule has 0 fully saturated rings. The molecular weight excluding hydrogens is 358 g/mol. The molecule has 0 bridgehead atoms. The van der Waals surface area contributed by atoms with Gasteiger partial charge in [0.2, 0.25) is 0 Å². The van der Waals surface area contributed by atoms with Gasteiger partial charge in [-0.05, 0) is 56.5 Å². The molecular formula is C25H29N3O. The molecule has 0 aliphatic heterocycles. The van der Waals surface area contributed by atoms with Gasteiger partial charge < -0.3 is 9.69 Å². The summed E-state index contributed by atoms with van der Waals surface area (Å²) in [5, 5.41) is 0. The van der Waals surface area contributed by atoms with E-state index >= 15 is 0 Å². The monoisotopic (exact) mass is 387 g/mol. The fourth-order valence-electron chi connectivity index (χ4n) is 3.32. The van der Waals surface area contributed by atoms with Gasteiger partial charge in [0, 0.05) is 30.9 Å². The Kier molecular flexibility index (Phi) is 7.51. The number of benzene rings is 1. The minimum Gasteiger partial charge on any atom is -0.311 e. The molecule has 0 aliphatic carbocycles. The van der Waals surface area contributed by atoms with Crippen LogP contribution in [0.25, 0.3) is 11.1 Å². The Balaban J connectivity index is 1.69. The first kappa shape index (κ1) is 20.7. The van der Waals surface area contributed by atoms with Gasteiger partial charge in [-0.1, -0.05) is 48.7 Å². The molecule has 0 spiro atoms. The van der Waals surface area contributed by atoms with Crippen molar-refractivity contribution in [1.82, 2.24) is 9.97 Å². The second-order valence-corrected chi connectivity index (χ2v) is 7.48. The molecule has 0 unspecified atom stereocenters. The first-order valence-electron chi connectivity index (χ1n) is 10.3. The number of unbranched alkanes of at least 4 members (excludes halogenated alkanes) is 3. The molecule has 0 radical (unpaired) electrons. The predicted molar refractivity (Wildman–Crippen MR) is 119 cm³/mol. The quantitative estimate of drug-likeness (QED) is 0.393. The highest BCUT2D eigenvalue weighted by Gasteiger charge is 2.12. The topological polar surface area (TPSA) is 46.1 Å². The Morgan fingerprint density at radius 3 is 2.21 bits per heavy atom. The van der Waals surface area contributed by atoms with Gasteiger partial charge in [0.1, 0.15) is 17.4 Å². The van der Waals surface area contributed by atoms with E-state index in [0.717, 1.165) is 49.4 Å². The number of carbonyl (C=O) groups excluding carboxylic acids is 1. The lowest BCUT2D eigenvalue weighted by Gasteiger charge is -2.23. The van der Waals surface area contributed by atoms with Crippen molar-refractivity contribution >= 4 is 17.4 Å². The SMILES string of the molecule is CC(=O)CCCCCCN(c1ccccn1)c1ccc(-c2ccc(C)cc2)cn1. The molecule has 2 heterocycles. The molecule has 3 aromatic rings. The first-order chi connectivity index (χ1) is 14.1. The summed E-state index contributed by atoms with van der Waals surface area (Å²) in [5.74, 6) is 2.09. The van der Waals surface area contributed by atoms with E-state index in [1.807, 2.05) is 30.6 Å². The number of pyridine rings is 2. The van der Waals surface area contributed by atoms with E-state index in [2.05, 4.69) is 53.2 Å². The fraction of sp³-hybridized carbons (Fsp3) is 0.320. The number of aromatic nitrogens is 2. The number of carbonyl (C=O) groups is 1. The summed E-state index contributed by atoms with van der Waals surface area (Å²) in [6.45, 7) is 4.61. The number of rotatable bonds is 10. The Morgan fingerprint density at radius 2 is 1.55 bits per heavy atom. The summed E-state index contributed by atoms with van der Waals surface area (Å²) in [4.78, 5) is 22.5. The maximum absolute atomic E-state index is 11.1. The van der Waals surface area contributed by atoms with Crippen LogP contribution in [0.2, 0.25) is 0 Å². The number of Topliss-reactive ketones (excluding diaryl/α,β-unsaturated/α-hetero) is 1. The summed E-state index contributed by atoms with van der Waals surface area (Å²) in [6.07, 6.45) is 8.62. The Labute approximate surface area is 173 Å². The van der Waals surface area contributed by atoms with Gasteiger partial charge in [-0.15, -0.1) is 0 Å². The van der Waals surface area contributed by atoms with E-state index in [-0.39, 0.29) is 5.78 Å². The lowest BCUT2D eigenvalue weighted by Crippen LogP contribution is -2.20. The van der Waals surface area contributed by atoms with Gasteiger partial charge in [0.15, 0.2) is 0 Å². The molecule has 2 aromatic heterocycles. The van der Waals surface area contributed by atoms with Crippen molar-refractivity contribution in [3.05, 3.63) is 72.6 Å². The molecule has 1 aromatic carbocycles. The highest BCUT2D eigenvalue weighted by Crippen LogP contribution is 2.25. The van der Waals surface area contributed by atoms with Crippen LogP contribution in [-0.4, -0.2) is 22.3 Å². The van der Waals surface area contributed by atoms with Crippen LogP contribution >= 0.6 is 0 Å². The van der Waals surface area contributed by atoms with Gasteiger partial charge in [0.05, 0.1) is 0 Å². The summed E-state index contributed by atoms with van der Waals surface area (Å²) >= 11 is 0. The number of aryl methyl sites for hydroxylation is 1. The van der Waals surface area contributed by atoms with Crippen LogP contribution in [0.15, 0.2) is 67.0 Å². The summed E-state index contributed by atoms with van der Waals surface area (Å²) in [7, 11) is 0. The van der Waals surface area contributed by atoms with Crippen molar-refractivity contribution in [2.45, 2.75) is 46.0 Å². The zero-order chi connectivity index (χ0) is 20.5. The highest BCUT2D eigenvalue weighted by molar-refractivity contribution is 5.75. The van der Waals surface area contributed by atoms with Gasteiger partial charge in [-0.3, -0.25) is 0 Å². The van der Waals surface area contributed by atoms with Crippen molar-refractivity contribution in [1.29, 1.82) is 0 Å². The van der Waals surface area contributed by atoms with Gasteiger partial charge in [-0.25, -0.2) is 9.97 Å². The molecule has 150 valence electrons. The zero-order valence-electron chi connectivity index (χ0n) is 17.3. The van der Waals surface area contributed by atoms with Crippen molar-refractivity contribution in [3.63, 3.8) is 0 Å². The third-order valence-electron chi connectivity index (χ3n) is 5.00. The highest BCUT2D eigenvalue weighted by atomic mass is 16.1. The van der Waals surface area contributed by atoms with Crippen molar-refractivity contribution < 1.29 is 4.79 Å². The Bertz CT molecular complexity index is 890. The van der Waals surface area contributed by atoms with Crippen LogP contribution in [0.4, 0.5) is 11.6 Å². The number of hydrogen-bond donors (Lipinski definition) is 0. The minimum absolute atomic E-state index is 0.276. The zero-order valence-corrected chi connectivity index (χ0v) is 17.3. The van der Waals surface area contributed by atoms with Gasteiger partial charge >= 0.3 is 0 Å². The molecule has 4 nitrogen and oxygen atoms in total. The second kappa shape index (κ2) is 10.5. The molecule has 0 saturated carbocycles. The molecule has 0 atom stereocenters. The largest absolute Gasteiger partial charge is 0.311 e. The number of anilines is 2. The number of hydrogen-bond acceptors (Lipinski definition) is 4. The minimum atomic E-state index is 0.276. The fourth-order valence-corrected chi connectivity index (χ4v) is 3.32. The molecule has 0 N–H and O–H groups in total. The molecule has 4 heteroatoms. The van der Waals surface area contributed by atoms with Gasteiger partial charge in [0.25, 0.3) is 0 Å². The molecule has 29 heavy (non-hydrogen) atoms. The van der Waals surface area contributed by atoms with E-state index in [0.29, 0.717) is 6.42 Å². The molecule has 3 rings (SSSR count). The lowest BCUT2D eigenvalue weighted by atomic mass is 10.1. The van der Waals surface area contributed by atoms with Crippen LogP contribution in [0.5, 0.6) is 0 Å². The summed E-state index contributed by atoms with van der Waals surface area (Å²) < 4.78 is 0. The van der Waals surface area contributed by atoms with Crippen LogP contribution in [-0.2, 0) is 4.79 Å². The van der Waals surface area contributed by atoms with Crippen molar-refractivity contribution in [3.8, 4) is 11.1 Å². The van der Waals surface area contributed by atoms with E-state index in [9.17, 15) is 4.79 Å². The maximum Gasteiger partial charge on any atom is 0.134 e. The summed E-state index contributed by atoms with van der Waals surface area (Å²) in [5.41, 5.74) is 3.53. The Hall–Kier alpha value is -3.01. The van der Waals surface area contributed by atoms with E-state index in [1.54, 1.807) is 6.92 Å². The van der Waals surface area contributed by atoms with E-state index < -0.39 is 0 Å².